The van der Waals surface area contributed by atoms with Crippen molar-refractivity contribution in [2.75, 3.05) is 11.9 Å². The average Bonchev–Trinajstić information content (AvgIpc) is 2.82. The summed E-state index contributed by atoms with van der Waals surface area (Å²) >= 11 is 3.29. The Morgan fingerprint density at radius 2 is 1.67 bits per heavy atom. The second-order valence-corrected chi connectivity index (χ2v) is 7.47. The Morgan fingerprint density at radius 3 is 2.36 bits per heavy atom. The molecule has 0 aliphatic carbocycles. The van der Waals surface area contributed by atoms with E-state index in [4.69, 9.17) is 9.47 Å². The van der Waals surface area contributed by atoms with Crippen molar-refractivity contribution in [3.8, 4) is 11.5 Å². The van der Waals surface area contributed by atoms with Crippen molar-refractivity contribution in [1.29, 1.82) is 0 Å². The average molecular weight is 510 g/mol. The maximum atomic E-state index is 12.3. The van der Waals surface area contributed by atoms with Gasteiger partial charge in [-0.1, -0.05) is 34.1 Å². The summed E-state index contributed by atoms with van der Waals surface area (Å²) < 4.78 is 11.9. The van der Waals surface area contributed by atoms with Gasteiger partial charge >= 0.3 is 17.8 Å². The highest BCUT2D eigenvalue weighted by Gasteiger charge is 2.14. The molecule has 0 aliphatic rings. The number of hydrazone groups is 1. The molecule has 2 amide bonds. The van der Waals surface area contributed by atoms with Crippen molar-refractivity contribution in [3.63, 3.8) is 0 Å². The van der Waals surface area contributed by atoms with Gasteiger partial charge in [-0.2, -0.15) is 5.10 Å². The molecule has 0 atom stereocenters. The molecule has 0 radical (unpaired) electrons. The molecule has 3 rings (SSSR count). The Balaban J connectivity index is 1.62. The fourth-order valence-electron chi connectivity index (χ4n) is 2.63. The molecule has 0 aromatic heterocycles. The first kappa shape index (κ1) is 23.7. The molecule has 0 fully saturated rings. The third-order valence-electron chi connectivity index (χ3n) is 4.17. The number of nitrogens with one attached hydrogen (secondary N) is 2. The lowest BCUT2D eigenvalue weighted by atomic mass is 10.2. The van der Waals surface area contributed by atoms with Gasteiger partial charge in [-0.05, 0) is 67.1 Å². The standard InChI is InChI=1S/C24H20BrN3O5/c1-2-32-21-14-16(8-13-20(21)33-24(31)17-6-4-3-5-7-17)15-26-28-23(30)22(29)27-19-11-9-18(25)10-12-19/h3-15H,2H2,1H3,(H,27,29)(H,28,30)/b26-15-. The van der Waals surface area contributed by atoms with E-state index >= 15 is 0 Å². The maximum absolute atomic E-state index is 12.3. The summed E-state index contributed by atoms with van der Waals surface area (Å²) in [6.45, 7) is 2.15. The lowest BCUT2D eigenvalue weighted by Crippen LogP contribution is -2.32. The molecular weight excluding hydrogens is 490 g/mol. The van der Waals surface area contributed by atoms with E-state index in [-0.39, 0.29) is 5.75 Å². The quantitative estimate of drug-likeness (QED) is 0.163. The molecule has 0 heterocycles. The lowest BCUT2D eigenvalue weighted by molar-refractivity contribution is -0.136. The molecule has 168 valence electrons. The third-order valence-corrected chi connectivity index (χ3v) is 4.70. The topological polar surface area (TPSA) is 106 Å². The molecule has 0 spiro atoms. The van der Waals surface area contributed by atoms with Gasteiger partial charge in [0.25, 0.3) is 0 Å². The minimum Gasteiger partial charge on any atom is -0.490 e. The Labute approximate surface area is 198 Å². The van der Waals surface area contributed by atoms with E-state index in [1.165, 1.54) is 6.21 Å². The van der Waals surface area contributed by atoms with Gasteiger partial charge in [0, 0.05) is 10.2 Å². The van der Waals surface area contributed by atoms with Gasteiger partial charge < -0.3 is 14.8 Å². The molecule has 0 unspecified atom stereocenters. The first-order chi connectivity index (χ1) is 16.0. The molecule has 0 aliphatic heterocycles. The number of carbonyl (C=O) groups excluding carboxylic acids is 3. The minimum absolute atomic E-state index is 0.251. The van der Waals surface area contributed by atoms with Crippen molar-refractivity contribution in [2.45, 2.75) is 6.92 Å². The number of amides is 2. The Hall–Kier alpha value is -3.98. The Kier molecular flexibility index (Phi) is 8.31. The van der Waals surface area contributed by atoms with E-state index in [9.17, 15) is 14.4 Å². The molecule has 9 heteroatoms. The van der Waals surface area contributed by atoms with Gasteiger partial charge in [-0.25, -0.2) is 10.2 Å². The Morgan fingerprint density at radius 1 is 0.939 bits per heavy atom. The zero-order chi connectivity index (χ0) is 23.6. The molecule has 0 bridgehead atoms. The molecule has 0 saturated heterocycles. The minimum atomic E-state index is -0.924. The fourth-order valence-corrected chi connectivity index (χ4v) is 2.89. The highest BCUT2D eigenvalue weighted by atomic mass is 79.9. The van der Waals surface area contributed by atoms with Crippen molar-refractivity contribution in [2.24, 2.45) is 5.10 Å². The molecule has 8 nitrogen and oxygen atoms in total. The highest BCUT2D eigenvalue weighted by molar-refractivity contribution is 9.10. The zero-order valence-electron chi connectivity index (χ0n) is 17.6. The van der Waals surface area contributed by atoms with Crippen molar-refractivity contribution in [3.05, 3.63) is 88.4 Å². The van der Waals surface area contributed by atoms with Gasteiger partial charge in [0.2, 0.25) is 0 Å². The first-order valence-corrected chi connectivity index (χ1v) is 10.7. The normalized spacial score (nSPS) is 10.5. The number of halogens is 1. The molecular formula is C24H20BrN3O5. The smallest absolute Gasteiger partial charge is 0.343 e. The van der Waals surface area contributed by atoms with E-state index < -0.39 is 17.8 Å². The van der Waals surface area contributed by atoms with Gasteiger partial charge in [-0.3, -0.25) is 9.59 Å². The van der Waals surface area contributed by atoms with E-state index in [1.54, 1.807) is 79.7 Å². The van der Waals surface area contributed by atoms with Gasteiger partial charge in [-0.15, -0.1) is 0 Å². The largest absolute Gasteiger partial charge is 0.490 e. The van der Waals surface area contributed by atoms with Gasteiger partial charge in [0.15, 0.2) is 11.5 Å². The summed E-state index contributed by atoms with van der Waals surface area (Å²) in [6, 6.07) is 20.2. The van der Waals surface area contributed by atoms with Crippen LogP contribution in [0.15, 0.2) is 82.4 Å². The first-order valence-electron chi connectivity index (χ1n) is 9.90. The molecule has 2 N–H and O–H groups in total. The van der Waals surface area contributed by atoms with E-state index in [2.05, 4.69) is 31.8 Å². The summed E-state index contributed by atoms with van der Waals surface area (Å²) in [5, 5.41) is 6.27. The lowest BCUT2D eigenvalue weighted by Gasteiger charge is -2.11. The fraction of sp³-hybridized carbons (Fsp3) is 0.0833. The Bertz CT molecular complexity index is 1160. The van der Waals surface area contributed by atoms with Crippen molar-refractivity contribution >= 4 is 45.6 Å². The second kappa shape index (κ2) is 11.6. The summed E-state index contributed by atoms with van der Waals surface area (Å²) in [5.41, 5.74) is 3.62. The monoisotopic (exact) mass is 509 g/mol. The predicted molar refractivity (Wildman–Crippen MR) is 128 cm³/mol. The van der Waals surface area contributed by atoms with Crippen LogP contribution in [-0.2, 0) is 9.59 Å². The van der Waals surface area contributed by atoms with Crippen molar-refractivity contribution < 1.29 is 23.9 Å². The van der Waals surface area contributed by atoms with Gasteiger partial charge in [0.1, 0.15) is 0 Å². The van der Waals surface area contributed by atoms with Crippen LogP contribution in [0.3, 0.4) is 0 Å². The van der Waals surface area contributed by atoms with Crippen molar-refractivity contribution in [1.82, 2.24) is 5.43 Å². The SMILES string of the molecule is CCOc1cc(/C=N\NC(=O)C(=O)Nc2ccc(Br)cc2)ccc1OC(=O)c1ccccc1. The molecule has 3 aromatic rings. The number of anilines is 1. The second-order valence-electron chi connectivity index (χ2n) is 6.55. The van der Waals surface area contributed by atoms with Crippen LogP contribution >= 0.6 is 15.9 Å². The highest BCUT2D eigenvalue weighted by Crippen LogP contribution is 2.29. The number of ether oxygens (including phenoxy) is 2. The summed E-state index contributed by atoms with van der Waals surface area (Å²) in [5.74, 6) is -1.70. The van der Waals surface area contributed by atoms with Crippen LogP contribution in [-0.4, -0.2) is 30.6 Å². The van der Waals surface area contributed by atoms with Crippen LogP contribution < -0.4 is 20.2 Å². The zero-order valence-corrected chi connectivity index (χ0v) is 19.2. The number of hydrogen-bond acceptors (Lipinski definition) is 6. The summed E-state index contributed by atoms with van der Waals surface area (Å²) in [4.78, 5) is 36.2. The molecule has 0 saturated carbocycles. The number of rotatable bonds is 7. The number of esters is 1. The van der Waals surface area contributed by atoms with Crippen LogP contribution in [0.1, 0.15) is 22.8 Å². The van der Waals surface area contributed by atoms with Crippen LogP contribution in [0.4, 0.5) is 5.69 Å². The maximum Gasteiger partial charge on any atom is 0.343 e. The number of nitrogens with zero attached hydrogens (tertiary/aromatic N) is 1. The number of benzene rings is 3. The molecule has 3 aromatic carbocycles. The van der Waals surface area contributed by atoms with Gasteiger partial charge in [0.05, 0.1) is 18.4 Å². The van der Waals surface area contributed by atoms with E-state index in [0.717, 1.165) is 4.47 Å². The van der Waals surface area contributed by atoms with E-state index in [1.807, 2.05) is 0 Å². The van der Waals surface area contributed by atoms with Crippen LogP contribution in [0.25, 0.3) is 0 Å². The van der Waals surface area contributed by atoms with Crippen LogP contribution in [0.5, 0.6) is 11.5 Å². The predicted octanol–water partition coefficient (Wildman–Crippen LogP) is 4.16. The summed E-state index contributed by atoms with van der Waals surface area (Å²) in [7, 11) is 0. The number of hydrogen-bond donors (Lipinski definition) is 2. The van der Waals surface area contributed by atoms with Crippen LogP contribution in [0, 0.1) is 0 Å². The number of carbonyl (C=O) groups is 3. The van der Waals surface area contributed by atoms with Crippen LogP contribution in [0.2, 0.25) is 0 Å². The summed E-state index contributed by atoms with van der Waals surface area (Å²) in [6.07, 6.45) is 1.34. The third kappa shape index (κ3) is 7.01. The molecule has 33 heavy (non-hydrogen) atoms. The van der Waals surface area contributed by atoms with E-state index in [0.29, 0.717) is 29.2 Å².